The fourth-order valence-corrected chi connectivity index (χ4v) is 5.49. The summed E-state index contributed by atoms with van der Waals surface area (Å²) in [7, 11) is 0. The summed E-state index contributed by atoms with van der Waals surface area (Å²) in [6, 6.07) is 6.25. The third-order valence-corrected chi connectivity index (χ3v) is 7.11. The van der Waals surface area contributed by atoms with Crippen molar-refractivity contribution < 1.29 is 23.5 Å². The normalized spacial score (nSPS) is 16.3. The van der Waals surface area contributed by atoms with Crippen LogP contribution in [0.25, 0.3) is 10.2 Å². The van der Waals surface area contributed by atoms with Gasteiger partial charge in [-0.3, -0.25) is 9.59 Å². The standard InChI is InChI=1S/C20H16F2N2O3S2/c1-9-5-13-14(6-10(9)2)28-15(7-17(25)26)20(27)24(13)8-16-23-12-4-3-11(21)18(22)19(12)29-16/h3-6,15H,7-8H2,1-2H3,(H,25,26). The predicted octanol–water partition coefficient (Wildman–Crippen LogP) is 4.67. The van der Waals surface area contributed by atoms with Gasteiger partial charge in [-0.2, -0.15) is 0 Å². The number of carbonyl (C=O) groups excluding carboxylic acids is 1. The quantitative estimate of drug-likeness (QED) is 0.646. The van der Waals surface area contributed by atoms with Gasteiger partial charge in [-0.05, 0) is 49.2 Å². The Morgan fingerprint density at radius 1 is 1.24 bits per heavy atom. The minimum Gasteiger partial charge on any atom is -0.481 e. The molecule has 0 aliphatic carbocycles. The van der Waals surface area contributed by atoms with E-state index in [4.69, 9.17) is 0 Å². The van der Waals surface area contributed by atoms with Gasteiger partial charge in [-0.1, -0.05) is 0 Å². The van der Waals surface area contributed by atoms with Gasteiger partial charge in [0, 0.05) is 4.90 Å². The number of benzene rings is 2. The molecule has 0 fully saturated rings. The second-order valence-corrected chi connectivity index (χ2v) is 9.18. The maximum absolute atomic E-state index is 14.1. The average Bonchev–Trinajstić information content (AvgIpc) is 3.07. The number of aryl methyl sites for hydroxylation is 2. The number of nitrogens with zero attached hydrogens (tertiary/aromatic N) is 2. The number of amides is 1. The van der Waals surface area contributed by atoms with Crippen molar-refractivity contribution >= 4 is 50.9 Å². The number of carboxylic acid groups (broad SMARTS) is 1. The number of hydrogen-bond donors (Lipinski definition) is 1. The number of aromatic nitrogens is 1. The van der Waals surface area contributed by atoms with Crippen LogP contribution in [-0.2, 0) is 16.1 Å². The first-order valence-electron chi connectivity index (χ1n) is 8.79. The van der Waals surface area contributed by atoms with Crippen LogP contribution in [0.3, 0.4) is 0 Å². The average molecular weight is 434 g/mol. The summed E-state index contributed by atoms with van der Waals surface area (Å²) in [5.74, 6) is -3.29. The van der Waals surface area contributed by atoms with Crippen LogP contribution in [0.5, 0.6) is 0 Å². The van der Waals surface area contributed by atoms with Gasteiger partial charge in [0.25, 0.3) is 0 Å². The first-order valence-corrected chi connectivity index (χ1v) is 10.5. The molecule has 1 atom stereocenters. The number of thioether (sulfide) groups is 1. The Morgan fingerprint density at radius 3 is 2.69 bits per heavy atom. The third kappa shape index (κ3) is 3.60. The van der Waals surface area contributed by atoms with Gasteiger partial charge in [-0.25, -0.2) is 13.8 Å². The molecule has 29 heavy (non-hydrogen) atoms. The highest BCUT2D eigenvalue weighted by molar-refractivity contribution is 8.01. The summed E-state index contributed by atoms with van der Waals surface area (Å²) in [6.45, 7) is 3.95. The van der Waals surface area contributed by atoms with Crippen molar-refractivity contribution in [3.05, 3.63) is 52.0 Å². The smallest absolute Gasteiger partial charge is 0.305 e. The molecule has 0 bridgehead atoms. The van der Waals surface area contributed by atoms with E-state index in [-0.39, 0.29) is 23.6 Å². The van der Waals surface area contributed by atoms with E-state index in [1.165, 1.54) is 22.7 Å². The number of thiazole rings is 1. The van der Waals surface area contributed by atoms with Gasteiger partial charge in [-0.15, -0.1) is 23.1 Å². The number of carboxylic acids is 1. The molecule has 9 heteroatoms. The monoisotopic (exact) mass is 434 g/mol. The molecule has 0 saturated heterocycles. The Labute approximate surface area is 173 Å². The van der Waals surface area contributed by atoms with E-state index in [2.05, 4.69) is 4.98 Å². The summed E-state index contributed by atoms with van der Waals surface area (Å²) in [5, 5.41) is 8.88. The Kier molecular flexibility index (Phi) is 5.04. The van der Waals surface area contributed by atoms with Crippen LogP contribution in [0.2, 0.25) is 0 Å². The summed E-state index contributed by atoms with van der Waals surface area (Å²) in [5.41, 5.74) is 3.04. The predicted molar refractivity (Wildman–Crippen MR) is 109 cm³/mol. The number of halogens is 2. The van der Waals surface area contributed by atoms with Crippen molar-refractivity contribution in [2.24, 2.45) is 0 Å². The van der Waals surface area contributed by atoms with Crippen molar-refractivity contribution in [3.63, 3.8) is 0 Å². The number of fused-ring (bicyclic) bond motifs is 2. The molecule has 0 saturated carbocycles. The van der Waals surface area contributed by atoms with Crippen LogP contribution in [0.4, 0.5) is 14.5 Å². The molecule has 1 N–H and O–H groups in total. The number of aliphatic carboxylic acids is 1. The molecule has 1 amide bonds. The van der Waals surface area contributed by atoms with Crippen LogP contribution in [0.1, 0.15) is 22.6 Å². The molecule has 2 heterocycles. The van der Waals surface area contributed by atoms with E-state index in [0.29, 0.717) is 16.2 Å². The molecule has 4 rings (SSSR count). The van der Waals surface area contributed by atoms with E-state index in [9.17, 15) is 23.5 Å². The van der Waals surface area contributed by atoms with Gasteiger partial charge in [0.15, 0.2) is 11.6 Å². The molecule has 1 aliphatic rings. The number of hydrogen-bond acceptors (Lipinski definition) is 5. The van der Waals surface area contributed by atoms with Crippen LogP contribution in [0.15, 0.2) is 29.2 Å². The SMILES string of the molecule is Cc1cc2c(cc1C)N(Cc1nc3ccc(F)c(F)c3s1)C(=O)C(CC(=O)O)S2. The largest absolute Gasteiger partial charge is 0.481 e. The van der Waals surface area contributed by atoms with Crippen LogP contribution in [-0.4, -0.2) is 27.2 Å². The third-order valence-electron chi connectivity index (χ3n) is 4.82. The minimum atomic E-state index is -1.05. The fraction of sp³-hybridized carbons (Fsp3) is 0.250. The maximum Gasteiger partial charge on any atom is 0.305 e. The molecule has 3 aromatic rings. The first kappa shape index (κ1) is 19.8. The molecule has 5 nitrogen and oxygen atoms in total. The molecule has 1 aliphatic heterocycles. The van der Waals surface area contributed by atoms with Gasteiger partial charge < -0.3 is 10.0 Å². The lowest BCUT2D eigenvalue weighted by molar-refractivity contribution is -0.138. The molecular formula is C20H16F2N2O3S2. The zero-order valence-electron chi connectivity index (χ0n) is 15.5. The highest BCUT2D eigenvalue weighted by Crippen LogP contribution is 2.43. The highest BCUT2D eigenvalue weighted by atomic mass is 32.2. The van der Waals surface area contributed by atoms with Crippen molar-refractivity contribution in [1.82, 2.24) is 4.98 Å². The Morgan fingerprint density at radius 2 is 1.97 bits per heavy atom. The lowest BCUT2D eigenvalue weighted by atomic mass is 10.1. The summed E-state index contributed by atoms with van der Waals surface area (Å²) < 4.78 is 27.7. The highest BCUT2D eigenvalue weighted by Gasteiger charge is 2.36. The molecule has 2 aromatic carbocycles. The summed E-state index contributed by atoms with van der Waals surface area (Å²) in [4.78, 5) is 30.9. The minimum absolute atomic E-state index is 0.0609. The zero-order chi connectivity index (χ0) is 20.9. The molecule has 0 spiro atoms. The molecule has 1 unspecified atom stereocenters. The summed E-state index contributed by atoms with van der Waals surface area (Å²) in [6.07, 6.45) is -0.300. The zero-order valence-corrected chi connectivity index (χ0v) is 17.2. The molecule has 0 radical (unpaired) electrons. The van der Waals surface area contributed by atoms with Gasteiger partial charge >= 0.3 is 5.97 Å². The Hall–Kier alpha value is -2.52. The van der Waals surface area contributed by atoms with Crippen molar-refractivity contribution in [2.45, 2.75) is 37.0 Å². The molecule has 1 aromatic heterocycles. The topological polar surface area (TPSA) is 70.5 Å². The summed E-state index contributed by atoms with van der Waals surface area (Å²) >= 11 is 2.23. The van der Waals surface area contributed by atoms with Gasteiger partial charge in [0.05, 0.1) is 34.1 Å². The van der Waals surface area contributed by atoms with Crippen LogP contribution < -0.4 is 4.90 Å². The van der Waals surface area contributed by atoms with E-state index in [0.717, 1.165) is 33.4 Å². The number of carbonyl (C=O) groups is 2. The Bertz CT molecular complexity index is 1160. The van der Waals surface area contributed by atoms with E-state index >= 15 is 0 Å². The van der Waals surface area contributed by atoms with Gasteiger partial charge in [0.2, 0.25) is 5.91 Å². The first-order chi connectivity index (χ1) is 13.7. The Balaban J connectivity index is 1.76. The van der Waals surface area contributed by atoms with Crippen molar-refractivity contribution in [2.75, 3.05) is 4.90 Å². The van der Waals surface area contributed by atoms with Crippen molar-refractivity contribution in [3.8, 4) is 0 Å². The number of anilines is 1. The fourth-order valence-electron chi connectivity index (χ4n) is 3.21. The number of rotatable bonds is 4. The second-order valence-electron chi connectivity index (χ2n) is 6.85. The van der Waals surface area contributed by atoms with E-state index < -0.39 is 22.9 Å². The van der Waals surface area contributed by atoms with Crippen LogP contribution in [0, 0.1) is 25.5 Å². The van der Waals surface area contributed by atoms with Crippen LogP contribution >= 0.6 is 23.1 Å². The lowest BCUT2D eigenvalue weighted by Gasteiger charge is -2.33. The second kappa shape index (κ2) is 7.38. The van der Waals surface area contributed by atoms with E-state index in [1.807, 2.05) is 26.0 Å². The van der Waals surface area contributed by atoms with Gasteiger partial charge in [0.1, 0.15) is 5.01 Å². The molecular weight excluding hydrogens is 418 g/mol. The lowest BCUT2D eigenvalue weighted by Crippen LogP contribution is -2.41. The molecule has 150 valence electrons. The maximum atomic E-state index is 14.1. The van der Waals surface area contributed by atoms with Crippen molar-refractivity contribution in [1.29, 1.82) is 0 Å². The van der Waals surface area contributed by atoms with E-state index in [1.54, 1.807) is 0 Å².